The van der Waals surface area contributed by atoms with Crippen LogP contribution in [0.15, 0.2) is 77.8 Å². The third kappa shape index (κ3) is 3.44. The van der Waals surface area contributed by atoms with E-state index in [2.05, 4.69) is 5.09 Å². The number of benzene rings is 3. The van der Waals surface area contributed by atoms with Gasteiger partial charge in [0.2, 0.25) is 0 Å². The molecule has 4 aromatic rings. The van der Waals surface area contributed by atoms with Gasteiger partial charge in [0.25, 0.3) is 7.44 Å². The Morgan fingerprint density at radius 3 is 2.35 bits per heavy atom. The Bertz CT molecular complexity index is 1480. The fourth-order valence-corrected chi connectivity index (χ4v) is 6.66. The number of aryl methyl sites for hydroxylation is 2. The van der Waals surface area contributed by atoms with Gasteiger partial charge in [-0.15, -0.1) is 0 Å². The molecule has 0 saturated heterocycles. The first-order chi connectivity index (χ1) is 16.3. The molecule has 1 atom stereocenters. The summed E-state index contributed by atoms with van der Waals surface area (Å²) in [5.41, 5.74) is 4.49. The van der Waals surface area contributed by atoms with E-state index in [1.54, 1.807) is 34.6 Å². The first kappa shape index (κ1) is 22.1. The summed E-state index contributed by atoms with van der Waals surface area (Å²) in [7, 11) is -1.85. The van der Waals surface area contributed by atoms with Crippen LogP contribution in [-0.2, 0) is 4.57 Å². The van der Waals surface area contributed by atoms with Gasteiger partial charge in [-0.3, -0.25) is 9.24 Å². The molecule has 0 bridgehead atoms. The van der Waals surface area contributed by atoms with Crippen molar-refractivity contribution < 1.29 is 8.96 Å². The number of halogens is 1. The minimum absolute atomic E-state index is 0.275. The van der Waals surface area contributed by atoms with E-state index in [-0.39, 0.29) is 11.4 Å². The summed E-state index contributed by atoms with van der Waals surface area (Å²) in [5, 5.41) is 8.54. The van der Waals surface area contributed by atoms with E-state index < -0.39 is 13.3 Å². The number of anilines is 1. The second-order valence-electron chi connectivity index (χ2n) is 8.38. The molecule has 172 valence electrons. The van der Waals surface area contributed by atoms with Gasteiger partial charge in [0.05, 0.1) is 16.9 Å². The molecule has 0 spiro atoms. The smallest absolute Gasteiger partial charge is 0.296 e. The Morgan fingerprint density at radius 1 is 0.912 bits per heavy atom. The van der Waals surface area contributed by atoms with Gasteiger partial charge in [0.15, 0.2) is 5.82 Å². The minimum Gasteiger partial charge on any atom is -0.316 e. The summed E-state index contributed by atoms with van der Waals surface area (Å²) in [4.78, 5) is 4.82. The van der Waals surface area contributed by atoms with Crippen molar-refractivity contribution in [3.63, 3.8) is 0 Å². The molecule has 0 unspecified atom stereocenters. The average Bonchev–Trinajstić information content (AvgIpc) is 3.17. The number of aromatic nitrogens is 2. The minimum atomic E-state index is -3.54. The van der Waals surface area contributed by atoms with Gasteiger partial charge in [-0.1, -0.05) is 42.5 Å². The van der Waals surface area contributed by atoms with Crippen LogP contribution >= 0.6 is 7.44 Å². The van der Waals surface area contributed by atoms with Crippen LogP contribution in [0.25, 0.3) is 5.69 Å². The van der Waals surface area contributed by atoms with E-state index in [9.17, 15) is 8.96 Å². The van der Waals surface area contributed by atoms with Gasteiger partial charge in [-0.25, -0.2) is 14.1 Å². The first-order valence-corrected chi connectivity index (χ1v) is 12.6. The van der Waals surface area contributed by atoms with Crippen molar-refractivity contribution in [2.24, 2.45) is 4.99 Å². The van der Waals surface area contributed by atoms with Gasteiger partial charge in [-0.2, -0.15) is 5.10 Å². The molecule has 0 saturated carbocycles. The second-order valence-corrected chi connectivity index (χ2v) is 10.8. The Labute approximate surface area is 198 Å². The van der Waals surface area contributed by atoms with Crippen molar-refractivity contribution in [3.8, 4) is 5.69 Å². The van der Waals surface area contributed by atoms with Crippen LogP contribution in [-0.4, -0.2) is 27.3 Å². The Kier molecular flexibility index (Phi) is 5.37. The Balaban J connectivity index is 1.78. The molecule has 6 nitrogen and oxygen atoms in total. The highest BCUT2D eigenvalue weighted by atomic mass is 31.2. The fourth-order valence-electron chi connectivity index (χ4n) is 4.21. The normalized spacial score (nSPS) is 17.3. The number of nitrogens with one attached hydrogen (secondary N) is 1. The average molecular weight is 473 g/mol. The highest BCUT2D eigenvalue weighted by molar-refractivity contribution is 7.72. The number of fused-ring (bicyclic) bond motifs is 1. The van der Waals surface area contributed by atoms with Crippen LogP contribution in [0.3, 0.4) is 0 Å². The zero-order valence-electron chi connectivity index (χ0n) is 19.5. The molecule has 8 heteroatoms. The summed E-state index contributed by atoms with van der Waals surface area (Å²) in [6.45, 7) is 5.82. The maximum atomic E-state index is 14.9. The van der Waals surface area contributed by atoms with Crippen molar-refractivity contribution in [1.29, 1.82) is 0 Å². The summed E-state index contributed by atoms with van der Waals surface area (Å²) < 4.78 is 33.1. The first-order valence-electron chi connectivity index (χ1n) is 11.0. The highest BCUT2D eigenvalue weighted by Gasteiger charge is 2.44. The largest absolute Gasteiger partial charge is 0.316 e. The molecule has 3 aromatic carbocycles. The number of hydrogen-bond donors (Lipinski definition) is 1. The van der Waals surface area contributed by atoms with Crippen LogP contribution in [0, 0.1) is 26.6 Å². The molecule has 34 heavy (non-hydrogen) atoms. The molecule has 0 aliphatic carbocycles. The van der Waals surface area contributed by atoms with Crippen LogP contribution < -0.4 is 10.4 Å². The zero-order valence-corrected chi connectivity index (χ0v) is 20.3. The number of para-hydroxylation sites is 1. The van der Waals surface area contributed by atoms with Gasteiger partial charge in [0.1, 0.15) is 17.0 Å². The Hall–Kier alpha value is -3.70. The monoisotopic (exact) mass is 473 g/mol. The zero-order chi connectivity index (χ0) is 24.0. The molecule has 5 rings (SSSR count). The van der Waals surface area contributed by atoms with Crippen LogP contribution in [0.5, 0.6) is 0 Å². The van der Waals surface area contributed by atoms with Crippen LogP contribution in [0.1, 0.15) is 22.4 Å². The fraction of sp³-hybridized carbons (Fsp3) is 0.154. The molecular weight excluding hydrogens is 448 g/mol. The van der Waals surface area contributed by atoms with Gasteiger partial charge < -0.3 is 5.09 Å². The van der Waals surface area contributed by atoms with Gasteiger partial charge in [0, 0.05) is 12.7 Å². The molecule has 1 N–H and O–H groups in total. The third-order valence-corrected chi connectivity index (χ3v) is 8.95. The lowest BCUT2D eigenvalue weighted by Crippen LogP contribution is -2.37. The van der Waals surface area contributed by atoms with Gasteiger partial charge >= 0.3 is 0 Å². The van der Waals surface area contributed by atoms with E-state index in [0.717, 1.165) is 22.5 Å². The van der Waals surface area contributed by atoms with E-state index in [4.69, 9.17) is 10.1 Å². The number of hydrogen-bond acceptors (Lipinski definition) is 3. The summed E-state index contributed by atoms with van der Waals surface area (Å²) in [6, 6.07) is 21.8. The molecule has 1 aromatic heterocycles. The number of aliphatic imine (C=N–C) groups is 1. The topological polar surface area (TPSA) is 62.5 Å². The van der Waals surface area contributed by atoms with Crippen molar-refractivity contribution in [3.05, 3.63) is 101 Å². The maximum Gasteiger partial charge on any atom is 0.296 e. The van der Waals surface area contributed by atoms with Crippen molar-refractivity contribution in [2.45, 2.75) is 20.8 Å². The van der Waals surface area contributed by atoms with Crippen molar-refractivity contribution in [2.75, 3.05) is 12.1 Å². The number of amidine groups is 1. The third-order valence-electron chi connectivity index (χ3n) is 6.24. The maximum absolute atomic E-state index is 14.9. The molecule has 0 fully saturated rings. The lowest BCUT2D eigenvalue weighted by atomic mass is 10.1. The summed E-state index contributed by atoms with van der Waals surface area (Å²) in [5.74, 6) is 0.280. The molecule has 2 heterocycles. The predicted octanol–water partition coefficient (Wildman–Crippen LogP) is 5.89. The molecule has 1 aliphatic rings. The van der Waals surface area contributed by atoms with Crippen LogP contribution in [0.4, 0.5) is 15.9 Å². The van der Waals surface area contributed by atoms with Crippen molar-refractivity contribution >= 4 is 30.1 Å². The molecule has 0 radical (unpaired) electrons. The van der Waals surface area contributed by atoms with Crippen molar-refractivity contribution in [1.82, 2.24) is 14.5 Å². The summed E-state index contributed by atoms with van der Waals surface area (Å²) in [6.07, 6.45) is 0. The predicted molar refractivity (Wildman–Crippen MR) is 135 cm³/mol. The van der Waals surface area contributed by atoms with E-state index >= 15 is 0 Å². The molecule has 0 amide bonds. The SMILES string of the molecule is Cc1cccc(N[P@@]2(=O)c3c(C)nn(-c4ccccc4)c3N=C(c3ccccc3F)N2C)c1C. The second kappa shape index (κ2) is 8.26. The standard InChI is InChI=1S/C26H25FN5OP/c1-17-11-10-16-23(18(17)2)30-34(33)24-19(3)29-32(20-12-6-5-7-13-20)26(24)28-25(31(34)4)21-14-8-9-15-22(21)27/h5-16H,1-4H3,(H,30,33)/t34-/m0/s1. The quantitative estimate of drug-likeness (QED) is 0.376. The number of nitrogens with zero attached hydrogens (tertiary/aromatic N) is 4. The van der Waals surface area contributed by atoms with Gasteiger partial charge in [-0.05, 0) is 62.2 Å². The van der Waals surface area contributed by atoms with Crippen LogP contribution in [0.2, 0.25) is 0 Å². The summed E-state index contributed by atoms with van der Waals surface area (Å²) >= 11 is 0. The van der Waals surface area contributed by atoms with E-state index in [0.29, 0.717) is 16.8 Å². The lowest BCUT2D eigenvalue weighted by Gasteiger charge is -2.35. The molecular formula is C26H25FN5OP. The van der Waals surface area contributed by atoms with E-state index in [1.165, 1.54) is 6.07 Å². The highest BCUT2D eigenvalue weighted by Crippen LogP contribution is 2.54. The van der Waals surface area contributed by atoms with E-state index in [1.807, 2.05) is 69.3 Å². The Morgan fingerprint density at radius 2 is 1.62 bits per heavy atom. The lowest BCUT2D eigenvalue weighted by molar-refractivity contribution is 0.552. The number of rotatable bonds is 4. The molecule has 1 aliphatic heterocycles.